The van der Waals surface area contributed by atoms with Crippen molar-refractivity contribution in [2.24, 2.45) is 5.92 Å². The molecule has 4 rings (SSSR count). The first-order valence-corrected chi connectivity index (χ1v) is 11.9. The fraction of sp³-hybridized carbons (Fsp3) is 0.500. The van der Waals surface area contributed by atoms with Gasteiger partial charge >= 0.3 is 6.09 Å². The topological polar surface area (TPSA) is 79.0 Å². The number of likely N-dealkylation sites (tertiary alicyclic amines) is 1. The molecule has 2 heterocycles. The van der Waals surface area contributed by atoms with Crippen LogP contribution in [0.4, 0.5) is 4.79 Å². The van der Waals surface area contributed by atoms with Gasteiger partial charge < -0.3 is 15.0 Å². The normalized spacial score (nSPS) is 20.1. The number of carbonyl (C=O) groups is 3. The molecule has 2 atom stereocenters. The lowest BCUT2D eigenvalue weighted by atomic mass is 9.95. The molecule has 0 saturated carbocycles. The lowest BCUT2D eigenvalue weighted by molar-refractivity contribution is -0.134. The molecule has 2 unspecified atom stereocenters. The molecule has 2 fully saturated rings. The van der Waals surface area contributed by atoms with Crippen LogP contribution in [0, 0.1) is 5.92 Å². The van der Waals surface area contributed by atoms with E-state index in [-0.39, 0.29) is 43.0 Å². The molecule has 2 aromatic carbocycles. The zero-order chi connectivity index (χ0) is 23.4. The molecule has 0 spiro atoms. The van der Waals surface area contributed by atoms with Gasteiger partial charge in [-0.2, -0.15) is 0 Å². The summed E-state index contributed by atoms with van der Waals surface area (Å²) in [6.45, 7) is 5.90. The molecular formula is C26H33N3O4. The maximum absolute atomic E-state index is 12.6. The fourth-order valence-electron chi connectivity index (χ4n) is 4.85. The minimum atomic E-state index is -0.231. The minimum Gasteiger partial charge on any atom is -0.447 e. The van der Waals surface area contributed by atoms with Crippen molar-refractivity contribution in [2.75, 3.05) is 26.2 Å². The second-order valence-electron chi connectivity index (χ2n) is 9.18. The van der Waals surface area contributed by atoms with Crippen LogP contribution in [0.2, 0.25) is 0 Å². The molecule has 7 nitrogen and oxygen atoms in total. The van der Waals surface area contributed by atoms with Gasteiger partial charge in [-0.3, -0.25) is 14.5 Å². The Kier molecular flexibility index (Phi) is 7.16. The van der Waals surface area contributed by atoms with Crippen molar-refractivity contribution in [1.82, 2.24) is 15.1 Å². The zero-order valence-corrected chi connectivity index (χ0v) is 19.5. The van der Waals surface area contributed by atoms with E-state index < -0.39 is 0 Å². The van der Waals surface area contributed by atoms with E-state index >= 15 is 0 Å². The quantitative estimate of drug-likeness (QED) is 0.700. The van der Waals surface area contributed by atoms with Gasteiger partial charge in [-0.25, -0.2) is 4.79 Å². The summed E-state index contributed by atoms with van der Waals surface area (Å²) in [5.74, 6) is 0.140. The van der Waals surface area contributed by atoms with E-state index in [0.29, 0.717) is 25.6 Å². The molecular weight excluding hydrogens is 418 g/mol. The van der Waals surface area contributed by atoms with Gasteiger partial charge in [0, 0.05) is 19.1 Å². The summed E-state index contributed by atoms with van der Waals surface area (Å²) in [4.78, 5) is 41.0. The highest BCUT2D eigenvalue weighted by Gasteiger charge is 2.41. The number of ether oxygens (including phenoxy) is 1. The van der Waals surface area contributed by atoms with Crippen LogP contribution >= 0.6 is 0 Å². The van der Waals surface area contributed by atoms with Crippen molar-refractivity contribution in [1.29, 1.82) is 0 Å². The van der Waals surface area contributed by atoms with Crippen molar-refractivity contribution in [3.63, 3.8) is 0 Å². The van der Waals surface area contributed by atoms with Gasteiger partial charge in [0.2, 0.25) is 11.8 Å². The standard InChI is InChI=1S/C26H33N3O4/c1-3-18(2)23-17-33-26(32)29(23)22-10-12-28(13-11-22)25(31)16-27-24(30)15-19-8-9-20-6-4-5-7-21(20)14-19/h4-9,14,18,22-23H,3,10-13,15-17H2,1-2H3,(H,27,30). The Labute approximate surface area is 195 Å². The predicted octanol–water partition coefficient (Wildman–Crippen LogP) is 3.36. The summed E-state index contributed by atoms with van der Waals surface area (Å²) in [6, 6.07) is 14.2. The predicted molar refractivity (Wildman–Crippen MR) is 127 cm³/mol. The van der Waals surface area contributed by atoms with Gasteiger partial charge in [0.15, 0.2) is 0 Å². The van der Waals surface area contributed by atoms with Gasteiger partial charge in [-0.1, -0.05) is 62.7 Å². The largest absolute Gasteiger partial charge is 0.447 e. The van der Waals surface area contributed by atoms with Crippen LogP contribution in [0.15, 0.2) is 42.5 Å². The highest BCUT2D eigenvalue weighted by Crippen LogP contribution is 2.28. The molecule has 3 amide bonds. The molecule has 1 N–H and O–H groups in total. The van der Waals surface area contributed by atoms with Crippen molar-refractivity contribution >= 4 is 28.7 Å². The van der Waals surface area contributed by atoms with E-state index in [0.717, 1.165) is 35.6 Å². The van der Waals surface area contributed by atoms with E-state index in [1.54, 1.807) is 4.90 Å². The summed E-state index contributed by atoms with van der Waals surface area (Å²) in [6.07, 6.45) is 2.48. The van der Waals surface area contributed by atoms with Crippen molar-refractivity contribution < 1.29 is 19.1 Å². The van der Waals surface area contributed by atoms with Crippen molar-refractivity contribution in [3.05, 3.63) is 48.0 Å². The van der Waals surface area contributed by atoms with E-state index in [4.69, 9.17) is 4.74 Å². The summed E-state index contributed by atoms with van der Waals surface area (Å²) < 4.78 is 5.32. The Balaban J connectivity index is 1.24. The molecule has 2 aromatic rings. The smallest absolute Gasteiger partial charge is 0.410 e. The molecule has 0 bridgehead atoms. The Bertz CT molecular complexity index is 1020. The Morgan fingerprint density at radius 3 is 2.58 bits per heavy atom. The van der Waals surface area contributed by atoms with Gasteiger partial charge in [0.05, 0.1) is 19.0 Å². The maximum atomic E-state index is 12.6. The van der Waals surface area contributed by atoms with Crippen LogP contribution in [-0.2, 0) is 20.7 Å². The molecule has 7 heteroatoms. The molecule has 0 radical (unpaired) electrons. The average Bonchev–Trinajstić information content (AvgIpc) is 3.23. The second kappa shape index (κ2) is 10.2. The zero-order valence-electron chi connectivity index (χ0n) is 19.5. The number of carbonyl (C=O) groups excluding carboxylic acids is 3. The van der Waals surface area contributed by atoms with Crippen LogP contribution in [0.3, 0.4) is 0 Å². The van der Waals surface area contributed by atoms with Crippen molar-refractivity contribution in [3.8, 4) is 0 Å². The number of fused-ring (bicyclic) bond motifs is 1. The number of amides is 3. The molecule has 0 aromatic heterocycles. The molecule has 2 aliphatic heterocycles. The van der Waals surface area contributed by atoms with E-state index in [9.17, 15) is 14.4 Å². The molecule has 176 valence electrons. The van der Waals surface area contributed by atoms with Crippen LogP contribution in [0.5, 0.6) is 0 Å². The molecule has 2 saturated heterocycles. The highest BCUT2D eigenvalue weighted by atomic mass is 16.6. The number of hydrogen-bond donors (Lipinski definition) is 1. The lowest BCUT2D eigenvalue weighted by Gasteiger charge is -2.39. The molecule has 0 aliphatic carbocycles. The summed E-state index contributed by atoms with van der Waals surface area (Å²) >= 11 is 0. The summed E-state index contributed by atoms with van der Waals surface area (Å²) in [7, 11) is 0. The third-order valence-corrected chi connectivity index (χ3v) is 7.07. The Morgan fingerprint density at radius 2 is 1.85 bits per heavy atom. The first-order chi connectivity index (χ1) is 16.0. The fourth-order valence-corrected chi connectivity index (χ4v) is 4.85. The van der Waals surface area contributed by atoms with Gasteiger partial charge in [0.25, 0.3) is 0 Å². The molecule has 33 heavy (non-hydrogen) atoms. The summed E-state index contributed by atoms with van der Waals surface area (Å²) in [5, 5.41) is 5.00. The number of piperidine rings is 1. The number of rotatable bonds is 7. The summed E-state index contributed by atoms with van der Waals surface area (Å²) in [5.41, 5.74) is 0.924. The number of nitrogens with zero attached hydrogens (tertiary/aromatic N) is 2. The number of hydrogen-bond acceptors (Lipinski definition) is 4. The Hall–Kier alpha value is -3.09. The van der Waals surface area contributed by atoms with Gasteiger partial charge in [0.1, 0.15) is 6.61 Å². The van der Waals surface area contributed by atoms with E-state index in [1.165, 1.54) is 0 Å². The SMILES string of the molecule is CCC(C)C1COC(=O)N1C1CCN(C(=O)CNC(=O)Cc2ccc3ccccc3c2)CC1. The van der Waals surface area contributed by atoms with Gasteiger partial charge in [-0.15, -0.1) is 0 Å². The third kappa shape index (κ3) is 5.29. The second-order valence-corrected chi connectivity index (χ2v) is 9.18. The van der Waals surface area contributed by atoms with Crippen molar-refractivity contribution in [2.45, 2.75) is 51.6 Å². The van der Waals surface area contributed by atoms with E-state index in [2.05, 4.69) is 19.2 Å². The number of cyclic esters (lactones) is 1. The highest BCUT2D eigenvalue weighted by molar-refractivity contribution is 5.88. The van der Waals surface area contributed by atoms with Gasteiger partial charge in [-0.05, 0) is 35.1 Å². The first kappa shape index (κ1) is 23.1. The number of benzene rings is 2. The molecule has 2 aliphatic rings. The first-order valence-electron chi connectivity index (χ1n) is 11.9. The van der Waals surface area contributed by atoms with E-state index in [1.807, 2.05) is 47.4 Å². The Morgan fingerprint density at radius 1 is 1.12 bits per heavy atom. The van der Waals surface area contributed by atoms with Crippen LogP contribution in [-0.4, -0.2) is 66.0 Å². The maximum Gasteiger partial charge on any atom is 0.410 e. The minimum absolute atomic E-state index is 0.00166. The van der Waals surface area contributed by atoms with Crippen LogP contribution < -0.4 is 5.32 Å². The van der Waals surface area contributed by atoms with Crippen LogP contribution in [0.25, 0.3) is 10.8 Å². The van der Waals surface area contributed by atoms with Crippen LogP contribution in [0.1, 0.15) is 38.7 Å². The average molecular weight is 452 g/mol. The third-order valence-electron chi connectivity index (χ3n) is 7.07. The number of nitrogens with one attached hydrogen (secondary N) is 1. The monoisotopic (exact) mass is 451 g/mol. The lowest BCUT2D eigenvalue weighted by Crippen LogP contribution is -2.52.